The van der Waals surface area contributed by atoms with E-state index in [9.17, 15) is 4.79 Å². The number of carbonyl (C=O) groups is 1. The first-order valence-corrected chi connectivity index (χ1v) is 11.8. The Hall–Kier alpha value is -3.35. The molecule has 1 saturated carbocycles. The van der Waals surface area contributed by atoms with Crippen LogP contribution in [0, 0.1) is 0 Å². The second-order valence-electron chi connectivity index (χ2n) is 8.64. The Bertz CT molecular complexity index is 1350. The highest BCUT2D eigenvalue weighted by atomic mass is 35.5. The van der Waals surface area contributed by atoms with Crippen LogP contribution in [0.3, 0.4) is 0 Å². The Morgan fingerprint density at radius 1 is 1.12 bits per heavy atom. The number of carbonyl (C=O) groups excluding carboxylic acids is 1. The van der Waals surface area contributed by atoms with Crippen LogP contribution < -0.4 is 15.8 Å². The van der Waals surface area contributed by atoms with Gasteiger partial charge in [0.15, 0.2) is 5.58 Å². The van der Waals surface area contributed by atoms with E-state index in [1.165, 1.54) is 0 Å². The summed E-state index contributed by atoms with van der Waals surface area (Å²) in [6.45, 7) is 0. The molecule has 0 bridgehead atoms. The predicted octanol–water partition coefficient (Wildman–Crippen LogP) is 5.82. The quantitative estimate of drug-likeness (QED) is 0.379. The van der Waals surface area contributed by atoms with E-state index in [1.54, 1.807) is 25.4 Å². The number of hydrogen-bond acceptors (Lipinski definition) is 5. The number of rotatable bonds is 5. The number of methoxy groups -OCH3 is 1. The van der Waals surface area contributed by atoms with E-state index in [1.807, 2.05) is 42.5 Å². The molecule has 2 unspecified atom stereocenters. The maximum Gasteiger partial charge on any atom is 0.251 e. The van der Waals surface area contributed by atoms with Crippen LogP contribution in [-0.2, 0) is 0 Å². The van der Waals surface area contributed by atoms with Crippen molar-refractivity contribution in [3.8, 4) is 28.2 Å². The summed E-state index contributed by atoms with van der Waals surface area (Å²) in [6, 6.07) is 16.7. The Morgan fingerprint density at radius 2 is 1.97 bits per heavy atom. The zero-order valence-corrected chi connectivity index (χ0v) is 19.6. The summed E-state index contributed by atoms with van der Waals surface area (Å²) in [7, 11) is 1.61. The largest absolute Gasteiger partial charge is 0.497 e. The first-order valence-electron chi connectivity index (χ1n) is 11.4. The van der Waals surface area contributed by atoms with Crippen molar-refractivity contribution in [1.82, 2.24) is 10.3 Å². The Labute approximate surface area is 203 Å². The Morgan fingerprint density at radius 3 is 2.79 bits per heavy atom. The van der Waals surface area contributed by atoms with Gasteiger partial charge in [0.2, 0.25) is 0 Å². The highest BCUT2D eigenvalue weighted by Gasteiger charge is 2.24. The first kappa shape index (κ1) is 22.4. The summed E-state index contributed by atoms with van der Waals surface area (Å²) >= 11 is 6.43. The van der Waals surface area contributed by atoms with Gasteiger partial charge in [0.1, 0.15) is 17.0 Å². The monoisotopic (exact) mass is 475 g/mol. The summed E-state index contributed by atoms with van der Waals surface area (Å²) < 4.78 is 11.6. The highest BCUT2D eigenvalue weighted by Crippen LogP contribution is 2.37. The fourth-order valence-corrected chi connectivity index (χ4v) is 4.75. The molecule has 2 heterocycles. The van der Waals surface area contributed by atoms with Crippen LogP contribution in [0.1, 0.15) is 36.0 Å². The average molecular weight is 476 g/mol. The van der Waals surface area contributed by atoms with E-state index in [0.717, 1.165) is 42.4 Å². The van der Waals surface area contributed by atoms with Gasteiger partial charge in [0.25, 0.3) is 5.91 Å². The third-order valence-corrected chi connectivity index (χ3v) is 6.75. The standard InChI is InChI=1S/C27H26ClN3O3/c1-33-18-9-10-21(28)20(14-18)25-15-24-26(34-25)19(11-12-30-24)16-5-4-6-17(13-16)27(32)31-23-8-3-2-7-22(23)29/h4-6,9-15,22-23H,2-3,7-8,29H2,1H3,(H,31,32). The van der Waals surface area contributed by atoms with E-state index in [2.05, 4.69) is 10.3 Å². The average Bonchev–Trinajstić information content (AvgIpc) is 3.30. The normalized spacial score (nSPS) is 18.1. The molecule has 1 fully saturated rings. The van der Waals surface area contributed by atoms with Gasteiger partial charge in [-0.25, -0.2) is 0 Å². The van der Waals surface area contributed by atoms with Gasteiger partial charge in [0.05, 0.1) is 12.1 Å². The Balaban J connectivity index is 1.49. The lowest BCUT2D eigenvalue weighted by Gasteiger charge is -2.29. The maximum absolute atomic E-state index is 13.0. The lowest BCUT2D eigenvalue weighted by molar-refractivity contribution is 0.0921. The summed E-state index contributed by atoms with van der Waals surface area (Å²) in [6.07, 6.45) is 5.80. The third kappa shape index (κ3) is 4.39. The summed E-state index contributed by atoms with van der Waals surface area (Å²) in [4.78, 5) is 17.4. The van der Waals surface area contributed by atoms with Crippen molar-refractivity contribution in [1.29, 1.82) is 0 Å². The van der Waals surface area contributed by atoms with Crippen LogP contribution in [-0.4, -0.2) is 30.1 Å². The molecule has 5 rings (SSSR count). The molecule has 1 aliphatic carbocycles. The Kier molecular flexibility index (Phi) is 6.26. The van der Waals surface area contributed by atoms with Crippen LogP contribution in [0.2, 0.25) is 5.02 Å². The number of fused-ring (bicyclic) bond motifs is 1. The minimum atomic E-state index is -0.113. The van der Waals surface area contributed by atoms with Crippen molar-refractivity contribution in [2.75, 3.05) is 7.11 Å². The van der Waals surface area contributed by atoms with Crippen LogP contribution in [0.25, 0.3) is 33.6 Å². The molecule has 3 N–H and O–H groups in total. The number of nitrogens with one attached hydrogen (secondary N) is 1. The smallest absolute Gasteiger partial charge is 0.251 e. The molecule has 0 aliphatic heterocycles. The number of furan rings is 1. The second kappa shape index (κ2) is 9.49. The van der Waals surface area contributed by atoms with Gasteiger partial charge in [-0.3, -0.25) is 9.78 Å². The van der Waals surface area contributed by atoms with Crippen molar-refractivity contribution in [3.05, 3.63) is 71.4 Å². The topological polar surface area (TPSA) is 90.4 Å². The fourth-order valence-electron chi connectivity index (χ4n) is 4.54. The van der Waals surface area contributed by atoms with Crippen LogP contribution in [0.5, 0.6) is 5.75 Å². The second-order valence-corrected chi connectivity index (χ2v) is 9.05. The van der Waals surface area contributed by atoms with Gasteiger partial charge in [-0.2, -0.15) is 0 Å². The summed E-state index contributed by atoms with van der Waals surface area (Å²) in [5.41, 5.74) is 10.6. The minimum Gasteiger partial charge on any atom is -0.497 e. The number of amides is 1. The molecular formula is C27H26ClN3O3. The van der Waals surface area contributed by atoms with Crippen molar-refractivity contribution in [2.24, 2.45) is 5.73 Å². The maximum atomic E-state index is 13.0. The van der Waals surface area contributed by atoms with Crippen molar-refractivity contribution in [3.63, 3.8) is 0 Å². The van der Waals surface area contributed by atoms with Crippen molar-refractivity contribution >= 4 is 28.6 Å². The van der Waals surface area contributed by atoms with E-state index in [0.29, 0.717) is 33.2 Å². The molecule has 0 saturated heterocycles. The summed E-state index contributed by atoms with van der Waals surface area (Å²) in [5.74, 6) is 1.17. The van der Waals surface area contributed by atoms with E-state index < -0.39 is 0 Å². The number of hydrogen-bond donors (Lipinski definition) is 2. The van der Waals surface area contributed by atoms with E-state index >= 15 is 0 Å². The molecule has 2 aromatic carbocycles. The highest BCUT2D eigenvalue weighted by molar-refractivity contribution is 6.33. The molecule has 7 heteroatoms. The van der Waals surface area contributed by atoms with Gasteiger partial charge in [-0.15, -0.1) is 0 Å². The molecule has 2 aromatic heterocycles. The third-order valence-electron chi connectivity index (χ3n) is 6.42. The molecule has 2 atom stereocenters. The number of aromatic nitrogens is 1. The summed E-state index contributed by atoms with van der Waals surface area (Å²) in [5, 5.41) is 3.67. The molecule has 6 nitrogen and oxygen atoms in total. The van der Waals surface area contributed by atoms with Crippen LogP contribution in [0.15, 0.2) is 65.2 Å². The molecule has 0 spiro atoms. The molecule has 34 heavy (non-hydrogen) atoms. The van der Waals surface area contributed by atoms with Gasteiger partial charge < -0.3 is 20.2 Å². The number of halogens is 1. The molecule has 1 amide bonds. The van der Waals surface area contributed by atoms with Gasteiger partial charge in [0, 0.05) is 41.0 Å². The van der Waals surface area contributed by atoms with Gasteiger partial charge in [-0.1, -0.05) is 36.6 Å². The lowest BCUT2D eigenvalue weighted by Crippen LogP contribution is -2.49. The van der Waals surface area contributed by atoms with E-state index in [-0.39, 0.29) is 18.0 Å². The van der Waals surface area contributed by atoms with E-state index in [4.69, 9.17) is 26.5 Å². The molecule has 1 aliphatic rings. The lowest BCUT2D eigenvalue weighted by atomic mass is 9.91. The van der Waals surface area contributed by atoms with Gasteiger partial charge >= 0.3 is 0 Å². The number of nitrogens with two attached hydrogens (primary N) is 1. The fraction of sp³-hybridized carbons (Fsp3) is 0.259. The number of nitrogens with zero attached hydrogens (tertiary/aromatic N) is 1. The zero-order chi connectivity index (χ0) is 23.7. The van der Waals surface area contributed by atoms with Crippen molar-refractivity contribution < 1.29 is 13.9 Å². The number of pyridine rings is 1. The van der Waals surface area contributed by atoms with Crippen LogP contribution in [0.4, 0.5) is 0 Å². The molecule has 174 valence electrons. The number of benzene rings is 2. The minimum absolute atomic E-state index is 0.00526. The molecular weight excluding hydrogens is 450 g/mol. The molecule has 0 radical (unpaired) electrons. The van der Waals surface area contributed by atoms with Gasteiger partial charge in [-0.05, 0) is 54.8 Å². The van der Waals surface area contributed by atoms with Crippen LogP contribution >= 0.6 is 11.6 Å². The van der Waals surface area contributed by atoms with Crippen molar-refractivity contribution in [2.45, 2.75) is 37.8 Å². The SMILES string of the molecule is COc1ccc(Cl)c(-c2cc3nccc(-c4cccc(C(=O)NC5CCCCC5N)c4)c3o2)c1. The number of ether oxygens (including phenoxy) is 1. The zero-order valence-electron chi connectivity index (χ0n) is 18.9. The first-order chi connectivity index (χ1) is 16.5. The molecule has 4 aromatic rings. The predicted molar refractivity (Wildman–Crippen MR) is 134 cm³/mol.